The standard InChI is InChI=1S/C55H40/c1-36(2)37-32-34-39(35-33-37)41-21-7-9-23-43(41)53-46-26-12-16-30-50(46)55(51-31-17-13-27-47(51)53)54-48-28-14-10-24-44(48)52(45-25-11-15-29-49(45)54)42-22-8-6-20-40(42)38-18-4-3-5-19-38/h3-36H,1-2H3. The van der Waals surface area contributed by atoms with Gasteiger partial charge in [-0.25, -0.2) is 0 Å². The van der Waals surface area contributed by atoms with Gasteiger partial charge in [-0.2, -0.15) is 0 Å². The van der Waals surface area contributed by atoms with Crippen molar-refractivity contribution >= 4 is 43.1 Å². The molecule has 0 radical (unpaired) electrons. The molecule has 0 spiro atoms. The minimum Gasteiger partial charge on any atom is -0.0622 e. The third-order valence-electron chi connectivity index (χ3n) is 11.5. The maximum atomic E-state index is 2.34. The highest BCUT2D eigenvalue weighted by molar-refractivity contribution is 6.30. The molecule has 0 aromatic heterocycles. The van der Waals surface area contributed by atoms with Crippen LogP contribution in [0.4, 0.5) is 0 Å². The van der Waals surface area contributed by atoms with Gasteiger partial charge in [0.1, 0.15) is 0 Å². The van der Waals surface area contributed by atoms with E-state index < -0.39 is 0 Å². The van der Waals surface area contributed by atoms with Crippen LogP contribution in [0, 0.1) is 0 Å². The van der Waals surface area contributed by atoms with Gasteiger partial charge in [0.15, 0.2) is 0 Å². The van der Waals surface area contributed by atoms with E-state index in [2.05, 4.69) is 214 Å². The lowest BCUT2D eigenvalue weighted by Gasteiger charge is -2.23. The maximum absolute atomic E-state index is 2.34. The van der Waals surface area contributed by atoms with E-state index in [1.165, 1.54) is 104 Å². The Bertz CT molecular complexity index is 2920. The summed E-state index contributed by atoms with van der Waals surface area (Å²) >= 11 is 0. The van der Waals surface area contributed by atoms with E-state index in [4.69, 9.17) is 0 Å². The fraction of sp³-hybridized carbons (Fsp3) is 0.0545. The molecular weight excluding hydrogens is 661 g/mol. The van der Waals surface area contributed by atoms with Crippen LogP contribution in [0.3, 0.4) is 0 Å². The zero-order chi connectivity index (χ0) is 36.9. The summed E-state index contributed by atoms with van der Waals surface area (Å²) in [6.07, 6.45) is 0. The first kappa shape index (κ1) is 32.9. The lowest BCUT2D eigenvalue weighted by molar-refractivity contribution is 0.867. The van der Waals surface area contributed by atoms with Gasteiger partial charge < -0.3 is 0 Å². The number of rotatable bonds is 6. The van der Waals surface area contributed by atoms with Crippen molar-refractivity contribution in [2.45, 2.75) is 19.8 Å². The summed E-state index contributed by atoms with van der Waals surface area (Å²) in [6, 6.07) is 74.0. The molecule has 55 heavy (non-hydrogen) atoms. The summed E-state index contributed by atoms with van der Waals surface area (Å²) in [7, 11) is 0. The Morgan fingerprint density at radius 1 is 0.236 bits per heavy atom. The molecule has 10 rings (SSSR count). The molecule has 0 fully saturated rings. The second kappa shape index (κ2) is 13.6. The zero-order valence-electron chi connectivity index (χ0n) is 31.1. The van der Waals surface area contributed by atoms with Gasteiger partial charge in [-0.3, -0.25) is 0 Å². The molecule has 0 saturated heterocycles. The van der Waals surface area contributed by atoms with Crippen LogP contribution in [-0.4, -0.2) is 0 Å². The average molecular weight is 701 g/mol. The smallest absolute Gasteiger partial charge is 0.00139 e. The Labute approximate surface area is 323 Å². The molecule has 0 saturated carbocycles. The highest BCUT2D eigenvalue weighted by atomic mass is 14.3. The van der Waals surface area contributed by atoms with Crippen molar-refractivity contribution in [2.24, 2.45) is 0 Å². The fourth-order valence-corrected chi connectivity index (χ4v) is 8.95. The van der Waals surface area contributed by atoms with Crippen LogP contribution in [0.1, 0.15) is 25.3 Å². The SMILES string of the molecule is CC(C)c1ccc(-c2ccccc2-c2c3ccccc3c(-c3c4ccccc4c(-c4ccccc4-c4ccccc4)c4ccccc34)c3ccccc23)cc1. The first-order valence-corrected chi connectivity index (χ1v) is 19.4. The molecule has 10 aromatic rings. The van der Waals surface area contributed by atoms with E-state index in [1.54, 1.807) is 0 Å². The van der Waals surface area contributed by atoms with Gasteiger partial charge in [0, 0.05) is 0 Å². The minimum atomic E-state index is 0.490. The fourth-order valence-electron chi connectivity index (χ4n) is 8.95. The molecule has 10 aromatic carbocycles. The molecule has 0 nitrogen and oxygen atoms in total. The van der Waals surface area contributed by atoms with E-state index in [1.807, 2.05) is 0 Å². The lowest BCUT2D eigenvalue weighted by Crippen LogP contribution is -1.96. The Morgan fingerprint density at radius 3 is 0.855 bits per heavy atom. The van der Waals surface area contributed by atoms with Gasteiger partial charge in [0.2, 0.25) is 0 Å². The normalized spacial score (nSPS) is 11.6. The molecule has 0 unspecified atom stereocenters. The number of fused-ring (bicyclic) bond motifs is 4. The molecule has 260 valence electrons. The summed E-state index contributed by atoms with van der Waals surface area (Å²) in [4.78, 5) is 0. The van der Waals surface area contributed by atoms with Crippen LogP contribution in [-0.2, 0) is 0 Å². The third kappa shape index (κ3) is 5.45. The van der Waals surface area contributed by atoms with Crippen molar-refractivity contribution in [3.8, 4) is 55.6 Å². The quantitative estimate of drug-likeness (QED) is 0.152. The molecule has 0 heterocycles. The van der Waals surface area contributed by atoms with Crippen molar-refractivity contribution in [3.05, 3.63) is 206 Å². The van der Waals surface area contributed by atoms with E-state index >= 15 is 0 Å². The third-order valence-corrected chi connectivity index (χ3v) is 11.5. The second-order valence-corrected chi connectivity index (χ2v) is 14.9. The number of benzene rings is 10. The van der Waals surface area contributed by atoms with Gasteiger partial charge in [-0.15, -0.1) is 0 Å². The highest BCUT2D eigenvalue weighted by Crippen LogP contribution is 2.51. The number of hydrogen-bond acceptors (Lipinski definition) is 0. The van der Waals surface area contributed by atoms with Crippen molar-refractivity contribution in [1.82, 2.24) is 0 Å². The van der Waals surface area contributed by atoms with Gasteiger partial charge in [-0.05, 0) is 110 Å². The van der Waals surface area contributed by atoms with E-state index in [0.717, 1.165) is 0 Å². The molecule has 0 bridgehead atoms. The van der Waals surface area contributed by atoms with Gasteiger partial charge in [0.25, 0.3) is 0 Å². The maximum Gasteiger partial charge on any atom is -0.00139 e. The van der Waals surface area contributed by atoms with Crippen LogP contribution in [0.2, 0.25) is 0 Å². The molecule has 0 aliphatic heterocycles. The first-order chi connectivity index (χ1) is 27.2. The van der Waals surface area contributed by atoms with E-state index in [-0.39, 0.29) is 0 Å². The predicted molar refractivity (Wildman–Crippen MR) is 238 cm³/mol. The number of hydrogen-bond donors (Lipinski definition) is 0. The predicted octanol–water partition coefficient (Wildman–Crippen LogP) is 15.8. The molecule has 0 amide bonds. The van der Waals surface area contributed by atoms with Crippen LogP contribution in [0.25, 0.3) is 98.7 Å². The van der Waals surface area contributed by atoms with Crippen molar-refractivity contribution in [3.63, 3.8) is 0 Å². The van der Waals surface area contributed by atoms with E-state index in [9.17, 15) is 0 Å². The van der Waals surface area contributed by atoms with Gasteiger partial charge in [0.05, 0.1) is 0 Å². The molecule has 0 aliphatic rings. The molecule has 0 atom stereocenters. The molecule has 0 aliphatic carbocycles. The van der Waals surface area contributed by atoms with Crippen LogP contribution in [0.15, 0.2) is 200 Å². The van der Waals surface area contributed by atoms with Crippen LogP contribution in [0.5, 0.6) is 0 Å². The largest absolute Gasteiger partial charge is 0.0622 e. The Kier molecular flexibility index (Phi) is 8.11. The highest BCUT2D eigenvalue weighted by Gasteiger charge is 2.24. The summed E-state index contributed by atoms with van der Waals surface area (Å²) in [5, 5.41) is 10.1. The monoisotopic (exact) mass is 700 g/mol. The van der Waals surface area contributed by atoms with Crippen molar-refractivity contribution in [1.29, 1.82) is 0 Å². The summed E-state index contributed by atoms with van der Waals surface area (Å²) in [5.41, 5.74) is 13.9. The van der Waals surface area contributed by atoms with Crippen molar-refractivity contribution in [2.75, 3.05) is 0 Å². The Balaban J connectivity index is 1.31. The lowest BCUT2D eigenvalue weighted by atomic mass is 9.79. The molecule has 0 heteroatoms. The van der Waals surface area contributed by atoms with Crippen LogP contribution < -0.4 is 0 Å². The zero-order valence-corrected chi connectivity index (χ0v) is 31.1. The Morgan fingerprint density at radius 2 is 0.509 bits per heavy atom. The average Bonchev–Trinajstić information content (AvgIpc) is 3.25. The first-order valence-electron chi connectivity index (χ1n) is 19.4. The summed E-state index contributed by atoms with van der Waals surface area (Å²) in [5.74, 6) is 0.490. The Hall–Kier alpha value is -6.76. The second-order valence-electron chi connectivity index (χ2n) is 14.9. The van der Waals surface area contributed by atoms with Crippen molar-refractivity contribution < 1.29 is 0 Å². The topological polar surface area (TPSA) is 0 Å². The molecule has 0 N–H and O–H groups in total. The summed E-state index contributed by atoms with van der Waals surface area (Å²) < 4.78 is 0. The van der Waals surface area contributed by atoms with Crippen LogP contribution >= 0.6 is 0 Å². The minimum absolute atomic E-state index is 0.490. The van der Waals surface area contributed by atoms with Gasteiger partial charge >= 0.3 is 0 Å². The molecular formula is C55H40. The summed E-state index contributed by atoms with van der Waals surface area (Å²) in [6.45, 7) is 4.51. The van der Waals surface area contributed by atoms with Gasteiger partial charge in [-0.1, -0.05) is 214 Å². The van der Waals surface area contributed by atoms with E-state index in [0.29, 0.717) is 5.92 Å².